The van der Waals surface area contributed by atoms with Crippen molar-refractivity contribution in [3.63, 3.8) is 0 Å². The van der Waals surface area contributed by atoms with E-state index < -0.39 is 0 Å². The molecule has 3 nitrogen and oxygen atoms in total. The zero-order valence-corrected chi connectivity index (χ0v) is 25.6. The van der Waals surface area contributed by atoms with E-state index in [0.717, 1.165) is 17.6 Å². The van der Waals surface area contributed by atoms with Gasteiger partial charge < -0.3 is 9.64 Å². The summed E-state index contributed by atoms with van der Waals surface area (Å²) in [6.07, 6.45) is 9.45. The van der Waals surface area contributed by atoms with E-state index in [-0.39, 0.29) is 7.43 Å². The molecule has 212 valence electrons. The van der Waals surface area contributed by atoms with E-state index in [0.29, 0.717) is 16.4 Å². The second kappa shape index (κ2) is 17.1. The second-order valence-electron chi connectivity index (χ2n) is 12.9. The van der Waals surface area contributed by atoms with E-state index >= 15 is 0 Å². The van der Waals surface area contributed by atoms with Crippen LogP contribution < -0.4 is 0 Å². The minimum absolute atomic E-state index is 0. The van der Waals surface area contributed by atoms with Gasteiger partial charge in [0.25, 0.3) is 0 Å². The van der Waals surface area contributed by atoms with Crippen molar-refractivity contribution in [2.45, 2.75) is 134 Å². The van der Waals surface area contributed by atoms with E-state index in [2.05, 4.69) is 90.4 Å². The van der Waals surface area contributed by atoms with Crippen molar-refractivity contribution in [1.29, 1.82) is 0 Å². The average Bonchev–Trinajstić information content (AvgIpc) is 2.79. The standard InChI is InChI=1S/C24H48N2.C4H8O.C3H8.CH4/c1-9-22(3,4)20-13-17-26(18-14-20)24(7,8)19-23(5,6)21-11-15-25(10-2)16-12-21;1-4(2)5-3;1-3-2;/h20-21H,9-19H2,1-8H3;1H2,2-3H3;3H2,1-2H3;1H4. The van der Waals surface area contributed by atoms with Crippen molar-refractivity contribution < 1.29 is 4.74 Å². The minimum atomic E-state index is 0. The molecule has 0 aromatic carbocycles. The van der Waals surface area contributed by atoms with Gasteiger partial charge in [0, 0.05) is 5.54 Å². The predicted molar refractivity (Wildman–Crippen MR) is 160 cm³/mol. The smallest absolute Gasteiger partial charge is 0.0853 e. The van der Waals surface area contributed by atoms with Crippen LogP contribution in [0.1, 0.15) is 129 Å². The summed E-state index contributed by atoms with van der Waals surface area (Å²) in [6.45, 7) is 35.7. The van der Waals surface area contributed by atoms with Gasteiger partial charge in [-0.05, 0) is 108 Å². The van der Waals surface area contributed by atoms with E-state index in [1.807, 2.05) is 0 Å². The molecule has 0 amide bonds. The number of hydrogen-bond acceptors (Lipinski definition) is 3. The van der Waals surface area contributed by atoms with E-state index in [4.69, 9.17) is 0 Å². The Labute approximate surface area is 223 Å². The third-order valence-electron chi connectivity index (χ3n) is 8.74. The molecule has 0 spiro atoms. The molecule has 2 aliphatic rings. The first-order valence-electron chi connectivity index (χ1n) is 14.4. The largest absolute Gasteiger partial charge is 0.502 e. The molecule has 0 unspecified atom stereocenters. The summed E-state index contributed by atoms with van der Waals surface area (Å²) in [4.78, 5) is 5.44. The first kappa shape index (κ1) is 36.6. The van der Waals surface area contributed by atoms with Crippen LogP contribution in [0.3, 0.4) is 0 Å². The average molecular weight is 497 g/mol. The zero-order valence-electron chi connectivity index (χ0n) is 25.6. The van der Waals surface area contributed by atoms with Gasteiger partial charge in [-0.15, -0.1) is 0 Å². The maximum atomic E-state index is 4.56. The van der Waals surface area contributed by atoms with Crippen LogP contribution in [-0.4, -0.2) is 55.2 Å². The summed E-state index contributed by atoms with van der Waals surface area (Å²) < 4.78 is 4.56. The molecule has 0 aromatic rings. The SMILES string of the molecule is C.C=C(C)OC.CCC.CCN1CCC(C(C)(C)CC(C)(C)N2CCC(C(C)(C)CC)CC2)CC1. The first-order valence-corrected chi connectivity index (χ1v) is 14.4. The molecule has 0 atom stereocenters. The van der Waals surface area contributed by atoms with Crippen LogP contribution in [0.5, 0.6) is 0 Å². The lowest BCUT2D eigenvalue weighted by Gasteiger charge is -2.50. The zero-order chi connectivity index (χ0) is 26.6. The first-order chi connectivity index (χ1) is 15.7. The number of nitrogens with zero attached hydrogens (tertiary/aromatic N) is 2. The molecular formula is C32H68N2O. The van der Waals surface area contributed by atoms with Crippen LogP contribution in [0.2, 0.25) is 0 Å². The fourth-order valence-electron chi connectivity index (χ4n) is 5.96. The van der Waals surface area contributed by atoms with Crippen LogP contribution in [0.15, 0.2) is 12.3 Å². The molecule has 2 aliphatic heterocycles. The fraction of sp³-hybridized carbons (Fsp3) is 0.938. The molecule has 0 N–H and O–H groups in total. The number of piperidine rings is 2. The summed E-state index contributed by atoms with van der Waals surface area (Å²) in [5.41, 5.74) is 1.29. The Balaban J connectivity index is 0. The van der Waals surface area contributed by atoms with E-state index in [1.165, 1.54) is 77.7 Å². The van der Waals surface area contributed by atoms with Crippen molar-refractivity contribution in [3.8, 4) is 0 Å². The molecule has 3 heteroatoms. The molecule has 0 aromatic heterocycles. The number of hydrogen-bond donors (Lipinski definition) is 0. The molecule has 35 heavy (non-hydrogen) atoms. The van der Waals surface area contributed by atoms with Crippen molar-refractivity contribution in [3.05, 3.63) is 12.3 Å². The summed E-state index contributed by atoms with van der Waals surface area (Å²) in [7, 11) is 1.60. The lowest BCUT2D eigenvalue weighted by atomic mass is 9.66. The van der Waals surface area contributed by atoms with E-state index in [9.17, 15) is 0 Å². The number of likely N-dealkylation sites (tertiary alicyclic amines) is 2. The Morgan fingerprint density at radius 1 is 0.800 bits per heavy atom. The Morgan fingerprint density at radius 2 is 1.17 bits per heavy atom. The van der Waals surface area contributed by atoms with Gasteiger partial charge in [0.05, 0.1) is 12.9 Å². The Bertz CT molecular complexity index is 536. The maximum Gasteiger partial charge on any atom is 0.0853 e. The van der Waals surface area contributed by atoms with Crippen LogP contribution in [-0.2, 0) is 4.74 Å². The van der Waals surface area contributed by atoms with Crippen molar-refractivity contribution >= 4 is 0 Å². The van der Waals surface area contributed by atoms with Crippen LogP contribution in [0, 0.1) is 22.7 Å². The van der Waals surface area contributed by atoms with E-state index in [1.54, 1.807) is 14.0 Å². The van der Waals surface area contributed by atoms with Gasteiger partial charge in [0.15, 0.2) is 0 Å². The number of rotatable bonds is 8. The van der Waals surface area contributed by atoms with Gasteiger partial charge in [-0.2, -0.15) is 0 Å². The molecule has 0 bridgehead atoms. The third-order valence-corrected chi connectivity index (χ3v) is 8.74. The molecule has 2 heterocycles. The third kappa shape index (κ3) is 13.0. The van der Waals surface area contributed by atoms with Crippen molar-refractivity contribution in [1.82, 2.24) is 9.80 Å². The quantitative estimate of drug-likeness (QED) is 0.311. The lowest BCUT2D eigenvalue weighted by Crippen LogP contribution is -2.52. The Hall–Kier alpha value is -0.540. The normalized spacial score (nSPS) is 19.0. The highest BCUT2D eigenvalue weighted by Gasteiger charge is 2.41. The molecule has 0 saturated carbocycles. The summed E-state index contributed by atoms with van der Waals surface area (Å²) >= 11 is 0. The van der Waals surface area contributed by atoms with Gasteiger partial charge in [0.2, 0.25) is 0 Å². The Morgan fingerprint density at radius 3 is 1.51 bits per heavy atom. The lowest BCUT2D eigenvalue weighted by molar-refractivity contribution is -0.00532. The van der Waals surface area contributed by atoms with Gasteiger partial charge in [-0.3, -0.25) is 4.90 Å². The molecule has 2 fully saturated rings. The highest BCUT2D eigenvalue weighted by atomic mass is 16.5. The summed E-state index contributed by atoms with van der Waals surface area (Å²) in [5.74, 6) is 2.55. The highest BCUT2D eigenvalue weighted by molar-refractivity contribution is 4.95. The van der Waals surface area contributed by atoms with Crippen molar-refractivity contribution in [2.75, 3.05) is 39.8 Å². The topological polar surface area (TPSA) is 15.7 Å². The molecular weight excluding hydrogens is 428 g/mol. The second-order valence-corrected chi connectivity index (χ2v) is 12.9. The summed E-state index contributed by atoms with van der Waals surface area (Å²) in [6, 6.07) is 0. The predicted octanol–water partition coefficient (Wildman–Crippen LogP) is 9.28. The van der Waals surface area contributed by atoms with Crippen molar-refractivity contribution in [2.24, 2.45) is 22.7 Å². The van der Waals surface area contributed by atoms with Crippen LogP contribution in [0.25, 0.3) is 0 Å². The molecule has 2 rings (SSSR count). The van der Waals surface area contributed by atoms with Gasteiger partial charge in [0.1, 0.15) is 0 Å². The highest BCUT2D eigenvalue weighted by Crippen LogP contribution is 2.44. The monoisotopic (exact) mass is 497 g/mol. The number of allylic oxidation sites excluding steroid dienone is 1. The number of methoxy groups -OCH3 is 1. The molecule has 2 saturated heterocycles. The van der Waals surface area contributed by atoms with Gasteiger partial charge in [-0.25, -0.2) is 0 Å². The maximum absolute atomic E-state index is 4.56. The molecule has 0 radical (unpaired) electrons. The Kier molecular flexibility index (Phi) is 17.8. The van der Waals surface area contributed by atoms with Gasteiger partial charge >= 0.3 is 0 Å². The summed E-state index contributed by atoms with van der Waals surface area (Å²) in [5, 5.41) is 0. The van der Waals surface area contributed by atoms with Gasteiger partial charge in [-0.1, -0.05) is 82.2 Å². The minimum Gasteiger partial charge on any atom is -0.502 e. The molecule has 0 aliphatic carbocycles. The van der Waals surface area contributed by atoms with Crippen LogP contribution in [0.4, 0.5) is 0 Å². The fourth-order valence-corrected chi connectivity index (χ4v) is 5.96. The number of ether oxygens (including phenoxy) is 1. The van der Waals surface area contributed by atoms with Crippen LogP contribution >= 0.6 is 0 Å².